The molecule has 2 aliphatic rings. The Morgan fingerprint density at radius 2 is 1.91 bits per heavy atom. The molecule has 0 amide bonds. The number of hydrogen-bond acceptors (Lipinski definition) is 4. The molecule has 0 bridgehead atoms. The molecule has 3 aromatic rings. The lowest BCUT2D eigenvalue weighted by Gasteiger charge is -2.39. The van der Waals surface area contributed by atoms with Crippen LogP contribution < -0.4 is 0 Å². The Kier molecular flexibility index (Phi) is 5.13. The summed E-state index contributed by atoms with van der Waals surface area (Å²) in [6.45, 7) is 2.26. The molecule has 1 atom stereocenters. The molecule has 0 spiro atoms. The van der Waals surface area contributed by atoms with E-state index in [1.54, 1.807) is 18.3 Å². The second-order valence-electron chi connectivity index (χ2n) is 8.29. The third-order valence-electron chi connectivity index (χ3n) is 6.38. The molecule has 0 N–H and O–H groups in total. The fraction of sp³-hybridized carbons (Fsp3) is 0.348. The zero-order valence-electron chi connectivity index (χ0n) is 17.2. The Hall–Kier alpha value is -2.65. The Morgan fingerprint density at radius 1 is 1.09 bits per heavy atom. The summed E-state index contributed by atoms with van der Waals surface area (Å²) in [5.74, 6) is 0. The van der Waals surface area contributed by atoms with Gasteiger partial charge in [0.05, 0.1) is 21.5 Å². The molecule has 1 aromatic carbocycles. The molecular weight excluding hydrogens is 439 g/mol. The van der Waals surface area contributed by atoms with Crippen molar-refractivity contribution in [1.82, 2.24) is 13.9 Å². The van der Waals surface area contributed by atoms with Gasteiger partial charge in [0.2, 0.25) is 0 Å². The maximum absolute atomic E-state index is 13.4. The van der Waals surface area contributed by atoms with Crippen LogP contribution in [0.3, 0.4) is 0 Å². The third kappa shape index (κ3) is 3.63. The third-order valence-corrected chi connectivity index (χ3v) is 8.05. The van der Waals surface area contributed by atoms with Crippen molar-refractivity contribution in [3.63, 3.8) is 0 Å². The van der Waals surface area contributed by atoms with E-state index in [1.165, 1.54) is 18.7 Å². The molecule has 32 heavy (non-hydrogen) atoms. The molecule has 1 saturated heterocycles. The van der Waals surface area contributed by atoms with Crippen molar-refractivity contribution in [3.05, 3.63) is 66.0 Å². The largest absolute Gasteiger partial charge is 0.416 e. The summed E-state index contributed by atoms with van der Waals surface area (Å²) < 4.78 is 67.2. The van der Waals surface area contributed by atoms with Crippen LogP contribution in [0.2, 0.25) is 0 Å². The van der Waals surface area contributed by atoms with Crippen molar-refractivity contribution in [2.24, 2.45) is 0 Å². The van der Waals surface area contributed by atoms with Crippen molar-refractivity contribution in [2.45, 2.75) is 42.8 Å². The molecule has 168 valence electrons. The van der Waals surface area contributed by atoms with Gasteiger partial charge in [-0.3, -0.25) is 9.88 Å². The highest BCUT2D eigenvalue weighted by Crippen LogP contribution is 2.36. The first-order valence-corrected chi connectivity index (χ1v) is 12.0. The van der Waals surface area contributed by atoms with E-state index in [0.29, 0.717) is 23.1 Å². The van der Waals surface area contributed by atoms with Gasteiger partial charge in [-0.15, -0.1) is 0 Å². The predicted molar refractivity (Wildman–Crippen MR) is 116 cm³/mol. The zero-order chi connectivity index (χ0) is 22.5. The number of nitrogens with zero attached hydrogens (tertiary/aromatic N) is 3. The van der Waals surface area contributed by atoms with Crippen molar-refractivity contribution < 1.29 is 21.6 Å². The Labute approximate surface area is 184 Å². The van der Waals surface area contributed by atoms with E-state index in [4.69, 9.17) is 0 Å². The number of hydrogen-bond donors (Lipinski definition) is 0. The molecule has 0 radical (unpaired) electrons. The van der Waals surface area contributed by atoms with Crippen LogP contribution >= 0.6 is 0 Å². The van der Waals surface area contributed by atoms with E-state index in [2.05, 4.69) is 16.0 Å². The zero-order valence-corrected chi connectivity index (χ0v) is 18.0. The maximum atomic E-state index is 13.4. The quantitative estimate of drug-likeness (QED) is 0.553. The maximum Gasteiger partial charge on any atom is 0.416 e. The van der Waals surface area contributed by atoms with Gasteiger partial charge in [-0.1, -0.05) is 12.1 Å². The topological polar surface area (TPSA) is 55.2 Å². The molecule has 1 aliphatic carbocycles. The Balaban J connectivity index is 1.57. The number of alkyl halides is 3. The van der Waals surface area contributed by atoms with Crippen LogP contribution in [0, 0.1) is 0 Å². The second kappa shape index (κ2) is 7.74. The average molecular weight is 462 g/mol. The van der Waals surface area contributed by atoms with Crippen LogP contribution in [0.4, 0.5) is 13.2 Å². The molecule has 1 unspecified atom stereocenters. The molecule has 0 saturated carbocycles. The molecule has 1 aliphatic heterocycles. The summed E-state index contributed by atoms with van der Waals surface area (Å²) >= 11 is 0. The van der Waals surface area contributed by atoms with Crippen molar-refractivity contribution in [3.8, 4) is 0 Å². The van der Waals surface area contributed by atoms with Gasteiger partial charge >= 0.3 is 6.18 Å². The van der Waals surface area contributed by atoms with Crippen LogP contribution in [-0.2, 0) is 16.2 Å². The van der Waals surface area contributed by atoms with Crippen LogP contribution in [-0.4, -0.2) is 41.4 Å². The predicted octanol–water partition coefficient (Wildman–Crippen LogP) is 4.93. The highest BCUT2D eigenvalue weighted by atomic mass is 32.2. The minimum Gasteiger partial charge on any atom is -0.300 e. The lowest BCUT2D eigenvalue weighted by atomic mass is 9.89. The molecule has 3 heterocycles. The summed E-state index contributed by atoms with van der Waals surface area (Å²) in [6.07, 6.45) is 4.55. The van der Waals surface area contributed by atoms with E-state index in [-0.39, 0.29) is 0 Å². The summed E-state index contributed by atoms with van der Waals surface area (Å²) in [4.78, 5) is 6.46. The van der Waals surface area contributed by atoms with E-state index in [9.17, 15) is 21.6 Å². The summed E-state index contributed by atoms with van der Waals surface area (Å²) in [5, 5.41) is 0. The number of likely N-dealkylation sites (tertiary alicyclic amines) is 1. The van der Waals surface area contributed by atoms with Crippen molar-refractivity contribution in [2.75, 3.05) is 13.1 Å². The van der Waals surface area contributed by atoms with Crippen LogP contribution in [0.15, 0.2) is 59.8 Å². The van der Waals surface area contributed by atoms with E-state index in [0.717, 1.165) is 59.6 Å². The fourth-order valence-electron chi connectivity index (χ4n) is 4.51. The molecular formula is C23H22F3N3O2S. The number of fused-ring (bicyclic) bond motifs is 1. The van der Waals surface area contributed by atoms with Crippen molar-refractivity contribution >= 4 is 26.6 Å². The number of benzene rings is 1. The Morgan fingerprint density at radius 3 is 2.56 bits per heavy atom. The number of halogens is 3. The average Bonchev–Trinajstić information content (AvgIpc) is 3.13. The fourth-order valence-corrected chi connectivity index (χ4v) is 5.92. The number of rotatable bonds is 4. The summed E-state index contributed by atoms with van der Waals surface area (Å²) in [5.41, 5.74) is 1.64. The van der Waals surface area contributed by atoms with Gasteiger partial charge in [0.15, 0.2) is 0 Å². The number of allylic oxidation sites excluding steroid dienone is 1. The minimum atomic E-state index is -4.63. The molecule has 5 rings (SSSR count). The number of pyridine rings is 1. The van der Waals surface area contributed by atoms with Gasteiger partial charge in [0, 0.05) is 24.0 Å². The van der Waals surface area contributed by atoms with Crippen molar-refractivity contribution in [1.29, 1.82) is 0 Å². The standard InChI is InChI=1S/C23H22F3N3O2S/c24-23(25,26)17-4-1-5-19(14-17)32(30,31)29-15-20(22-21(29)6-2-11-27-22)16-7-9-18(10-8-16)28-12-3-13-28/h1-2,4-7,11,14-15,18H,3,8-10,12-13H2. The molecule has 1 fully saturated rings. The van der Waals surface area contributed by atoms with Gasteiger partial charge in [0.1, 0.15) is 0 Å². The smallest absolute Gasteiger partial charge is 0.300 e. The first-order valence-electron chi connectivity index (χ1n) is 10.6. The Bertz CT molecular complexity index is 1310. The first kappa shape index (κ1) is 21.2. The van der Waals surface area contributed by atoms with E-state index in [1.807, 2.05) is 0 Å². The minimum absolute atomic E-state index is 0.352. The summed E-state index contributed by atoms with van der Waals surface area (Å²) in [6, 6.07) is 7.60. The lowest BCUT2D eigenvalue weighted by molar-refractivity contribution is -0.137. The van der Waals surface area contributed by atoms with Gasteiger partial charge in [-0.05, 0) is 74.7 Å². The SMILES string of the molecule is O=S(=O)(c1cccc(C(F)(F)F)c1)n1cc(C2=CCC(N3CCC3)CC2)c2ncccc21. The van der Waals surface area contributed by atoms with Gasteiger partial charge in [-0.2, -0.15) is 13.2 Å². The van der Waals surface area contributed by atoms with Gasteiger partial charge in [-0.25, -0.2) is 12.4 Å². The van der Waals surface area contributed by atoms with Crippen LogP contribution in [0.1, 0.15) is 36.8 Å². The molecule has 5 nitrogen and oxygen atoms in total. The van der Waals surface area contributed by atoms with E-state index >= 15 is 0 Å². The van der Waals surface area contributed by atoms with Crippen LogP contribution in [0.25, 0.3) is 16.6 Å². The number of aromatic nitrogens is 2. The van der Waals surface area contributed by atoms with Crippen LogP contribution in [0.5, 0.6) is 0 Å². The van der Waals surface area contributed by atoms with Gasteiger partial charge in [0.25, 0.3) is 10.0 Å². The highest BCUT2D eigenvalue weighted by Gasteiger charge is 2.33. The van der Waals surface area contributed by atoms with Gasteiger partial charge < -0.3 is 0 Å². The second-order valence-corrected chi connectivity index (χ2v) is 10.1. The summed E-state index contributed by atoms with van der Waals surface area (Å²) in [7, 11) is -4.24. The molecule has 2 aromatic heterocycles. The monoisotopic (exact) mass is 461 g/mol. The molecule has 9 heteroatoms. The van der Waals surface area contributed by atoms with E-state index < -0.39 is 26.7 Å². The highest BCUT2D eigenvalue weighted by molar-refractivity contribution is 7.90. The lowest BCUT2D eigenvalue weighted by Crippen LogP contribution is -2.45. The normalized spacial score (nSPS) is 20.2. The first-order chi connectivity index (χ1) is 15.2.